The number of nitrogens with zero attached hydrogens (tertiary/aromatic N) is 1. The van der Waals surface area contributed by atoms with E-state index in [0.717, 1.165) is 19.5 Å². The molecule has 2 saturated heterocycles. The average molecular weight is 211 g/mol. The smallest absolute Gasteiger partial charge is 0.225 e. The molecule has 0 aromatic heterocycles. The van der Waals surface area contributed by atoms with Crippen LogP contribution >= 0.6 is 0 Å². The van der Waals surface area contributed by atoms with Crippen LogP contribution in [0.3, 0.4) is 0 Å². The van der Waals surface area contributed by atoms with E-state index in [-0.39, 0.29) is 23.8 Å². The Morgan fingerprint density at radius 1 is 1.60 bits per heavy atom. The Labute approximate surface area is 89.2 Å². The molecule has 2 rings (SSSR count). The summed E-state index contributed by atoms with van der Waals surface area (Å²) in [5, 5.41) is 5.67. The molecule has 0 aromatic rings. The first kappa shape index (κ1) is 10.4. The fourth-order valence-corrected chi connectivity index (χ4v) is 2.16. The third-order valence-corrected chi connectivity index (χ3v) is 3.09. The van der Waals surface area contributed by atoms with E-state index >= 15 is 0 Å². The highest BCUT2D eigenvalue weighted by Gasteiger charge is 2.30. The van der Waals surface area contributed by atoms with Crippen molar-refractivity contribution in [1.82, 2.24) is 15.5 Å². The average Bonchev–Trinajstić information content (AvgIpc) is 2.75. The number of hydrogen-bond donors (Lipinski definition) is 2. The molecule has 2 atom stereocenters. The van der Waals surface area contributed by atoms with Gasteiger partial charge in [-0.15, -0.1) is 0 Å². The fourth-order valence-electron chi connectivity index (χ4n) is 2.16. The molecule has 0 bridgehead atoms. The molecule has 2 N–H and O–H groups in total. The van der Waals surface area contributed by atoms with Gasteiger partial charge in [0.25, 0.3) is 0 Å². The van der Waals surface area contributed by atoms with Gasteiger partial charge in [0, 0.05) is 25.6 Å². The lowest BCUT2D eigenvalue weighted by molar-refractivity contribution is -0.127. The summed E-state index contributed by atoms with van der Waals surface area (Å²) in [6.07, 6.45) is 1.35. The van der Waals surface area contributed by atoms with Crippen LogP contribution in [0.2, 0.25) is 0 Å². The van der Waals surface area contributed by atoms with E-state index < -0.39 is 0 Å². The van der Waals surface area contributed by atoms with Gasteiger partial charge < -0.3 is 15.5 Å². The molecule has 5 nitrogen and oxygen atoms in total. The molecule has 2 aliphatic heterocycles. The van der Waals surface area contributed by atoms with Gasteiger partial charge in [-0.3, -0.25) is 9.59 Å². The third-order valence-electron chi connectivity index (χ3n) is 3.09. The number of rotatable bonds is 2. The number of likely N-dealkylation sites (N-methyl/N-ethyl adjacent to an activating group) is 1. The number of amides is 2. The SMILES string of the molecule is CN1CCC(NC(=O)C2CNC(=O)C2)C1. The Balaban J connectivity index is 1.79. The minimum Gasteiger partial charge on any atom is -0.355 e. The monoisotopic (exact) mass is 211 g/mol. The maximum Gasteiger partial charge on any atom is 0.225 e. The molecule has 2 amide bonds. The van der Waals surface area contributed by atoms with Crippen LogP contribution in [-0.4, -0.2) is 49.4 Å². The largest absolute Gasteiger partial charge is 0.355 e. The summed E-state index contributed by atoms with van der Waals surface area (Å²) < 4.78 is 0. The standard InChI is InChI=1S/C10H17N3O2/c1-13-3-2-8(6-13)12-10(15)7-4-9(14)11-5-7/h7-8H,2-6H2,1H3,(H,11,14)(H,12,15). The Kier molecular flexibility index (Phi) is 2.90. The summed E-state index contributed by atoms with van der Waals surface area (Å²) in [5.41, 5.74) is 0. The van der Waals surface area contributed by atoms with Crippen LogP contribution in [0.4, 0.5) is 0 Å². The van der Waals surface area contributed by atoms with E-state index in [0.29, 0.717) is 13.0 Å². The first-order valence-electron chi connectivity index (χ1n) is 5.41. The van der Waals surface area contributed by atoms with E-state index in [1.165, 1.54) is 0 Å². The van der Waals surface area contributed by atoms with Crippen molar-refractivity contribution in [3.05, 3.63) is 0 Å². The van der Waals surface area contributed by atoms with Crippen molar-refractivity contribution >= 4 is 11.8 Å². The van der Waals surface area contributed by atoms with Crippen molar-refractivity contribution in [2.75, 3.05) is 26.7 Å². The molecule has 2 unspecified atom stereocenters. The Bertz CT molecular complexity index is 280. The van der Waals surface area contributed by atoms with E-state index in [1.54, 1.807) is 0 Å². The molecule has 0 spiro atoms. The lowest BCUT2D eigenvalue weighted by atomic mass is 10.1. The molecular weight excluding hydrogens is 194 g/mol. The van der Waals surface area contributed by atoms with Gasteiger partial charge >= 0.3 is 0 Å². The van der Waals surface area contributed by atoms with Gasteiger partial charge in [0.2, 0.25) is 11.8 Å². The van der Waals surface area contributed by atoms with Crippen LogP contribution in [0.15, 0.2) is 0 Å². The van der Waals surface area contributed by atoms with Gasteiger partial charge in [0.05, 0.1) is 5.92 Å². The van der Waals surface area contributed by atoms with Crippen LogP contribution in [0.5, 0.6) is 0 Å². The van der Waals surface area contributed by atoms with E-state index in [1.807, 2.05) is 7.05 Å². The number of carbonyl (C=O) groups is 2. The summed E-state index contributed by atoms with van der Waals surface area (Å²) >= 11 is 0. The number of hydrogen-bond acceptors (Lipinski definition) is 3. The summed E-state index contributed by atoms with van der Waals surface area (Å²) in [5.74, 6) is -0.157. The molecule has 0 saturated carbocycles. The minimum absolute atomic E-state index is 0.0151. The van der Waals surface area contributed by atoms with Crippen LogP contribution in [0.25, 0.3) is 0 Å². The Morgan fingerprint density at radius 2 is 2.40 bits per heavy atom. The van der Waals surface area contributed by atoms with Gasteiger partial charge in [0.1, 0.15) is 0 Å². The highest BCUT2D eigenvalue weighted by molar-refractivity contribution is 5.89. The summed E-state index contributed by atoms with van der Waals surface area (Å²) in [6, 6.07) is 0.262. The predicted molar refractivity (Wildman–Crippen MR) is 55.2 cm³/mol. The zero-order valence-corrected chi connectivity index (χ0v) is 8.95. The topological polar surface area (TPSA) is 61.4 Å². The maximum absolute atomic E-state index is 11.7. The van der Waals surface area contributed by atoms with E-state index in [9.17, 15) is 9.59 Å². The highest BCUT2D eigenvalue weighted by atomic mass is 16.2. The van der Waals surface area contributed by atoms with Crippen molar-refractivity contribution in [3.8, 4) is 0 Å². The lowest BCUT2D eigenvalue weighted by Gasteiger charge is -2.15. The molecule has 5 heteroatoms. The number of likely N-dealkylation sites (tertiary alicyclic amines) is 1. The maximum atomic E-state index is 11.7. The first-order chi connectivity index (χ1) is 7.15. The minimum atomic E-state index is -0.164. The van der Waals surface area contributed by atoms with Crippen molar-refractivity contribution < 1.29 is 9.59 Å². The molecular formula is C10H17N3O2. The Hall–Kier alpha value is -1.10. The van der Waals surface area contributed by atoms with Crippen molar-refractivity contribution in [2.24, 2.45) is 5.92 Å². The second-order valence-electron chi connectivity index (χ2n) is 4.46. The molecule has 0 aliphatic carbocycles. The highest BCUT2D eigenvalue weighted by Crippen LogP contribution is 2.11. The van der Waals surface area contributed by atoms with Crippen LogP contribution in [-0.2, 0) is 9.59 Å². The van der Waals surface area contributed by atoms with Gasteiger partial charge in [-0.1, -0.05) is 0 Å². The van der Waals surface area contributed by atoms with Gasteiger partial charge in [-0.05, 0) is 20.0 Å². The zero-order chi connectivity index (χ0) is 10.8. The van der Waals surface area contributed by atoms with Crippen LogP contribution < -0.4 is 10.6 Å². The molecule has 2 heterocycles. The van der Waals surface area contributed by atoms with Crippen LogP contribution in [0, 0.1) is 5.92 Å². The summed E-state index contributed by atoms with van der Waals surface area (Å²) in [7, 11) is 2.05. The molecule has 2 aliphatic rings. The molecule has 0 radical (unpaired) electrons. The Morgan fingerprint density at radius 3 is 2.93 bits per heavy atom. The molecule has 0 aromatic carbocycles. The van der Waals surface area contributed by atoms with Crippen molar-refractivity contribution in [2.45, 2.75) is 18.9 Å². The predicted octanol–water partition coefficient (Wildman–Crippen LogP) is -1.06. The second kappa shape index (κ2) is 4.18. The molecule has 84 valence electrons. The van der Waals surface area contributed by atoms with Crippen molar-refractivity contribution in [1.29, 1.82) is 0 Å². The normalized spacial score (nSPS) is 31.7. The van der Waals surface area contributed by atoms with Gasteiger partial charge in [-0.2, -0.15) is 0 Å². The number of nitrogens with one attached hydrogen (secondary N) is 2. The zero-order valence-electron chi connectivity index (χ0n) is 8.95. The quantitative estimate of drug-likeness (QED) is 0.612. The summed E-state index contributed by atoms with van der Waals surface area (Å²) in [4.78, 5) is 24.9. The van der Waals surface area contributed by atoms with E-state index in [2.05, 4.69) is 15.5 Å². The molecule has 15 heavy (non-hydrogen) atoms. The molecule has 2 fully saturated rings. The first-order valence-corrected chi connectivity index (χ1v) is 5.41. The van der Waals surface area contributed by atoms with Gasteiger partial charge in [0.15, 0.2) is 0 Å². The van der Waals surface area contributed by atoms with E-state index in [4.69, 9.17) is 0 Å². The summed E-state index contributed by atoms with van der Waals surface area (Å²) in [6.45, 7) is 2.44. The second-order valence-corrected chi connectivity index (χ2v) is 4.46. The van der Waals surface area contributed by atoms with Crippen LogP contribution in [0.1, 0.15) is 12.8 Å². The third kappa shape index (κ3) is 2.47. The number of carbonyl (C=O) groups excluding carboxylic acids is 2. The van der Waals surface area contributed by atoms with Crippen molar-refractivity contribution in [3.63, 3.8) is 0 Å². The fraction of sp³-hybridized carbons (Fsp3) is 0.800. The lowest BCUT2D eigenvalue weighted by Crippen LogP contribution is -2.40. The van der Waals surface area contributed by atoms with Gasteiger partial charge in [-0.25, -0.2) is 0 Å².